The highest BCUT2D eigenvalue weighted by atomic mass is 16.6. The molecular formula is C11H21NO3. The molecular weight excluding hydrogens is 194 g/mol. The molecule has 0 aliphatic rings. The highest BCUT2D eigenvalue weighted by Gasteiger charge is 2.22. The molecule has 15 heavy (non-hydrogen) atoms. The van der Waals surface area contributed by atoms with E-state index in [0.29, 0.717) is 0 Å². The Hall–Kier alpha value is -0.900. The van der Waals surface area contributed by atoms with E-state index in [9.17, 15) is 9.59 Å². The van der Waals surface area contributed by atoms with Crippen molar-refractivity contribution in [1.82, 2.24) is 0 Å². The lowest BCUT2D eigenvalue weighted by atomic mass is 10.0. The van der Waals surface area contributed by atoms with E-state index in [1.165, 1.54) is 0 Å². The molecule has 2 atom stereocenters. The van der Waals surface area contributed by atoms with Crippen LogP contribution < -0.4 is 5.73 Å². The molecule has 0 aromatic carbocycles. The van der Waals surface area contributed by atoms with Crippen LogP contribution in [0.2, 0.25) is 0 Å². The van der Waals surface area contributed by atoms with Gasteiger partial charge in [-0.1, -0.05) is 33.6 Å². The molecule has 0 spiro atoms. The first-order valence-corrected chi connectivity index (χ1v) is 5.53. The smallest absolute Gasteiger partial charge is 0.330 e. The number of esters is 2. The Bertz CT molecular complexity index is 216. The minimum absolute atomic E-state index is 0.0384. The highest BCUT2D eigenvalue weighted by Crippen LogP contribution is 2.07. The molecule has 0 aromatic rings. The van der Waals surface area contributed by atoms with Crippen molar-refractivity contribution in [2.75, 3.05) is 0 Å². The van der Waals surface area contributed by atoms with Gasteiger partial charge in [0.1, 0.15) is 6.04 Å². The van der Waals surface area contributed by atoms with Crippen LogP contribution in [0.5, 0.6) is 0 Å². The van der Waals surface area contributed by atoms with E-state index < -0.39 is 18.0 Å². The van der Waals surface area contributed by atoms with Crippen LogP contribution in [0.25, 0.3) is 0 Å². The van der Waals surface area contributed by atoms with E-state index in [0.717, 1.165) is 19.3 Å². The van der Waals surface area contributed by atoms with Crippen molar-refractivity contribution < 1.29 is 14.3 Å². The molecule has 2 unspecified atom stereocenters. The predicted molar refractivity (Wildman–Crippen MR) is 58.1 cm³/mol. The second kappa shape index (κ2) is 7.40. The largest absolute Gasteiger partial charge is 0.392 e. The first-order chi connectivity index (χ1) is 7.02. The van der Waals surface area contributed by atoms with Gasteiger partial charge in [0, 0.05) is 6.42 Å². The zero-order valence-corrected chi connectivity index (χ0v) is 9.79. The van der Waals surface area contributed by atoms with E-state index in [1.54, 1.807) is 0 Å². The summed E-state index contributed by atoms with van der Waals surface area (Å²) >= 11 is 0. The summed E-state index contributed by atoms with van der Waals surface area (Å²) in [7, 11) is 0. The van der Waals surface area contributed by atoms with Gasteiger partial charge < -0.3 is 10.5 Å². The summed E-state index contributed by atoms with van der Waals surface area (Å²) in [5.41, 5.74) is 5.62. The van der Waals surface area contributed by atoms with Crippen LogP contribution in [0, 0.1) is 5.92 Å². The Morgan fingerprint density at radius 2 is 1.93 bits per heavy atom. The summed E-state index contributed by atoms with van der Waals surface area (Å²) in [5, 5.41) is 0. The van der Waals surface area contributed by atoms with Crippen LogP contribution in [0.15, 0.2) is 0 Å². The van der Waals surface area contributed by atoms with E-state index in [1.807, 2.05) is 20.8 Å². The topological polar surface area (TPSA) is 69.4 Å². The number of hydrogen-bond acceptors (Lipinski definition) is 4. The summed E-state index contributed by atoms with van der Waals surface area (Å²) in [6, 6.07) is -0.694. The maximum absolute atomic E-state index is 11.3. The number of carbonyl (C=O) groups excluding carboxylic acids is 2. The minimum Gasteiger partial charge on any atom is -0.392 e. The van der Waals surface area contributed by atoms with E-state index in [2.05, 4.69) is 4.74 Å². The zero-order valence-electron chi connectivity index (χ0n) is 9.79. The SMILES string of the molecule is CCCCC(=O)OC(=O)C(N)C(C)CC. The lowest BCUT2D eigenvalue weighted by Gasteiger charge is -2.15. The van der Waals surface area contributed by atoms with Gasteiger partial charge in [-0.3, -0.25) is 4.79 Å². The van der Waals surface area contributed by atoms with Crippen molar-refractivity contribution in [3.05, 3.63) is 0 Å². The molecule has 0 heterocycles. The van der Waals surface area contributed by atoms with Crippen LogP contribution in [-0.4, -0.2) is 18.0 Å². The lowest BCUT2D eigenvalue weighted by molar-refractivity contribution is -0.161. The Morgan fingerprint density at radius 1 is 1.33 bits per heavy atom. The fourth-order valence-corrected chi connectivity index (χ4v) is 1.04. The van der Waals surface area contributed by atoms with E-state index in [-0.39, 0.29) is 12.3 Å². The quantitative estimate of drug-likeness (QED) is 0.540. The fourth-order valence-electron chi connectivity index (χ4n) is 1.04. The van der Waals surface area contributed by atoms with Crippen molar-refractivity contribution in [2.45, 2.75) is 52.5 Å². The third kappa shape index (κ3) is 5.52. The van der Waals surface area contributed by atoms with Crippen molar-refractivity contribution in [1.29, 1.82) is 0 Å². The Kier molecular flexibility index (Phi) is 6.96. The Labute approximate surface area is 91.2 Å². The molecule has 0 saturated heterocycles. The molecule has 0 fully saturated rings. The van der Waals surface area contributed by atoms with E-state index >= 15 is 0 Å². The molecule has 0 aromatic heterocycles. The molecule has 2 N–H and O–H groups in total. The third-order valence-electron chi connectivity index (χ3n) is 2.48. The average Bonchev–Trinajstić information content (AvgIpc) is 2.23. The number of rotatable bonds is 6. The molecule has 0 amide bonds. The predicted octanol–water partition coefficient (Wildman–Crippen LogP) is 1.62. The summed E-state index contributed by atoms with van der Waals surface area (Å²) in [4.78, 5) is 22.5. The molecule has 88 valence electrons. The van der Waals surface area contributed by atoms with Gasteiger partial charge in [-0.25, -0.2) is 4.79 Å². The van der Waals surface area contributed by atoms with Gasteiger partial charge >= 0.3 is 11.9 Å². The molecule has 0 bridgehead atoms. The molecule has 0 aliphatic carbocycles. The third-order valence-corrected chi connectivity index (χ3v) is 2.48. The van der Waals surface area contributed by atoms with Crippen molar-refractivity contribution >= 4 is 11.9 Å². The van der Waals surface area contributed by atoms with Crippen LogP contribution in [0.4, 0.5) is 0 Å². The van der Waals surface area contributed by atoms with Crippen LogP contribution in [0.3, 0.4) is 0 Å². The normalized spacial score (nSPS) is 14.4. The van der Waals surface area contributed by atoms with Gasteiger partial charge in [0.25, 0.3) is 0 Å². The van der Waals surface area contributed by atoms with Crippen molar-refractivity contribution in [3.63, 3.8) is 0 Å². The summed E-state index contributed by atoms with van der Waals surface area (Å²) in [6.45, 7) is 5.78. The van der Waals surface area contributed by atoms with Gasteiger partial charge in [0.2, 0.25) is 0 Å². The standard InChI is InChI=1S/C11H21NO3/c1-4-6-7-9(13)15-11(14)10(12)8(3)5-2/h8,10H,4-7,12H2,1-3H3. The Balaban J connectivity index is 3.96. The Morgan fingerprint density at radius 3 is 2.40 bits per heavy atom. The molecule has 4 heteroatoms. The molecule has 0 radical (unpaired) electrons. The molecule has 4 nitrogen and oxygen atoms in total. The van der Waals surface area contributed by atoms with Gasteiger partial charge in [-0.05, 0) is 12.3 Å². The molecule has 0 aliphatic heterocycles. The maximum Gasteiger partial charge on any atom is 0.330 e. The second-order valence-electron chi connectivity index (χ2n) is 3.81. The zero-order chi connectivity index (χ0) is 11.8. The minimum atomic E-state index is -0.694. The summed E-state index contributed by atoms with van der Waals surface area (Å²) in [5.74, 6) is -1.04. The first-order valence-electron chi connectivity index (χ1n) is 5.53. The number of nitrogens with two attached hydrogens (primary N) is 1. The van der Waals surface area contributed by atoms with Crippen LogP contribution >= 0.6 is 0 Å². The monoisotopic (exact) mass is 215 g/mol. The van der Waals surface area contributed by atoms with Crippen molar-refractivity contribution in [2.24, 2.45) is 11.7 Å². The summed E-state index contributed by atoms with van der Waals surface area (Å²) in [6.07, 6.45) is 2.72. The van der Waals surface area contributed by atoms with Gasteiger partial charge in [-0.15, -0.1) is 0 Å². The number of unbranched alkanes of at least 4 members (excludes halogenated alkanes) is 1. The highest BCUT2D eigenvalue weighted by molar-refractivity contribution is 5.88. The number of carbonyl (C=O) groups is 2. The lowest BCUT2D eigenvalue weighted by Crippen LogP contribution is -2.39. The maximum atomic E-state index is 11.3. The fraction of sp³-hybridized carbons (Fsp3) is 0.818. The molecule has 0 saturated carbocycles. The molecule has 0 rings (SSSR count). The second-order valence-corrected chi connectivity index (χ2v) is 3.81. The summed E-state index contributed by atoms with van der Waals surface area (Å²) < 4.78 is 4.63. The van der Waals surface area contributed by atoms with Gasteiger partial charge in [0.05, 0.1) is 0 Å². The van der Waals surface area contributed by atoms with Crippen molar-refractivity contribution in [3.8, 4) is 0 Å². The van der Waals surface area contributed by atoms with E-state index in [4.69, 9.17) is 5.73 Å². The number of ether oxygens (including phenoxy) is 1. The van der Waals surface area contributed by atoms with Crippen LogP contribution in [-0.2, 0) is 14.3 Å². The average molecular weight is 215 g/mol. The first kappa shape index (κ1) is 14.1. The van der Waals surface area contributed by atoms with Gasteiger partial charge in [-0.2, -0.15) is 0 Å². The van der Waals surface area contributed by atoms with Gasteiger partial charge in [0.15, 0.2) is 0 Å². The van der Waals surface area contributed by atoms with Crippen LogP contribution in [0.1, 0.15) is 46.5 Å². The number of hydrogen-bond donors (Lipinski definition) is 1.